The summed E-state index contributed by atoms with van der Waals surface area (Å²) in [7, 11) is 0. The van der Waals surface area contributed by atoms with Crippen LogP contribution in [0.15, 0.2) is 18.2 Å². The number of hydrogen-bond acceptors (Lipinski definition) is 6. The number of piperidine rings is 1. The number of hydrogen-bond donors (Lipinski definition) is 0. The third-order valence-electron chi connectivity index (χ3n) is 4.31. The highest BCUT2D eigenvalue weighted by Crippen LogP contribution is 2.30. The van der Waals surface area contributed by atoms with Gasteiger partial charge in [0, 0.05) is 13.3 Å². The second-order valence-electron chi connectivity index (χ2n) is 5.92. The molecule has 4 amide bonds. The molecule has 136 valence electrons. The summed E-state index contributed by atoms with van der Waals surface area (Å²) in [6.07, 6.45) is -0.0960. The molecule has 0 bridgehead atoms. The number of nitrogens with zero attached hydrogens (tertiary/aromatic N) is 2. The molecule has 0 aromatic heterocycles. The van der Waals surface area contributed by atoms with Crippen molar-refractivity contribution in [3.8, 4) is 0 Å². The third-order valence-corrected chi connectivity index (χ3v) is 4.31. The molecule has 8 nitrogen and oxygen atoms in total. The van der Waals surface area contributed by atoms with E-state index in [0.29, 0.717) is 4.90 Å². The van der Waals surface area contributed by atoms with Crippen LogP contribution in [-0.4, -0.2) is 58.6 Å². The number of likely N-dealkylation sites (tertiary alicyclic amines) is 1. The number of carbonyl (C=O) groups is 5. The van der Waals surface area contributed by atoms with Gasteiger partial charge in [0.1, 0.15) is 18.5 Å². The van der Waals surface area contributed by atoms with Crippen molar-refractivity contribution >= 4 is 29.6 Å². The van der Waals surface area contributed by atoms with E-state index >= 15 is 0 Å². The van der Waals surface area contributed by atoms with Crippen LogP contribution < -0.4 is 0 Å². The minimum absolute atomic E-state index is 0.0329. The van der Waals surface area contributed by atoms with Crippen molar-refractivity contribution in [3.63, 3.8) is 0 Å². The largest absolute Gasteiger partial charge is 0.464 e. The maximum Gasteiger partial charge on any atom is 0.302 e. The molecule has 0 aliphatic carbocycles. The van der Waals surface area contributed by atoms with E-state index in [9.17, 15) is 28.4 Å². The van der Waals surface area contributed by atoms with Gasteiger partial charge < -0.3 is 4.74 Å². The summed E-state index contributed by atoms with van der Waals surface area (Å²) >= 11 is 0. The fourth-order valence-electron chi connectivity index (χ4n) is 3.12. The highest BCUT2D eigenvalue weighted by molar-refractivity contribution is 6.23. The SMILES string of the molecule is CC(=O)OCCN1C(=O)CCC(N2C(=O)c3cccc(F)c3C2=O)C1=O. The standard InChI is InChI=1S/C17H15FN2O6/c1-9(21)26-8-7-19-13(22)6-5-12(16(19)24)20-15(23)10-3-2-4-11(18)14(10)17(20)25/h2-4,12H,5-8H2,1H3. The second-order valence-corrected chi connectivity index (χ2v) is 5.92. The lowest BCUT2D eigenvalue weighted by Crippen LogP contribution is -2.56. The molecule has 1 atom stereocenters. The van der Waals surface area contributed by atoms with Crippen molar-refractivity contribution in [1.82, 2.24) is 9.80 Å². The van der Waals surface area contributed by atoms with Gasteiger partial charge in [-0.2, -0.15) is 0 Å². The molecule has 1 unspecified atom stereocenters. The van der Waals surface area contributed by atoms with Crippen LogP contribution in [0.4, 0.5) is 4.39 Å². The molecule has 1 aromatic rings. The Morgan fingerprint density at radius 2 is 1.96 bits per heavy atom. The maximum absolute atomic E-state index is 13.9. The highest BCUT2D eigenvalue weighted by Gasteiger charge is 2.47. The molecule has 0 radical (unpaired) electrons. The number of carbonyl (C=O) groups excluding carboxylic acids is 5. The lowest BCUT2D eigenvalue weighted by Gasteiger charge is -2.34. The van der Waals surface area contributed by atoms with Crippen LogP contribution in [0.3, 0.4) is 0 Å². The Labute approximate surface area is 147 Å². The molecule has 1 saturated heterocycles. The van der Waals surface area contributed by atoms with Crippen LogP contribution in [0.1, 0.15) is 40.5 Å². The van der Waals surface area contributed by atoms with Gasteiger partial charge in [-0.25, -0.2) is 4.39 Å². The van der Waals surface area contributed by atoms with Gasteiger partial charge in [-0.15, -0.1) is 0 Å². The average Bonchev–Trinajstić information content (AvgIpc) is 2.83. The van der Waals surface area contributed by atoms with Gasteiger partial charge in [-0.05, 0) is 18.6 Å². The van der Waals surface area contributed by atoms with Gasteiger partial charge in [0.25, 0.3) is 17.7 Å². The summed E-state index contributed by atoms with van der Waals surface area (Å²) in [5, 5.41) is 0. The topological polar surface area (TPSA) is 101 Å². The molecule has 3 rings (SSSR count). The first-order chi connectivity index (χ1) is 12.3. The van der Waals surface area contributed by atoms with E-state index in [-0.39, 0.29) is 37.1 Å². The Morgan fingerprint density at radius 1 is 1.23 bits per heavy atom. The Kier molecular flexibility index (Phi) is 4.54. The Balaban J connectivity index is 1.83. The van der Waals surface area contributed by atoms with E-state index in [1.165, 1.54) is 19.1 Å². The Bertz CT molecular complexity index is 837. The number of ether oxygens (including phenoxy) is 1. The quantitative estimate of drug-likeness (QED) is 0.571. The summed E-state index contributed by atoms with van der Waals surface area (Å²) in [6, 6.07) is 2.48. The van der Waals surface area contributed by atoms with Crippen LogP contribution >= 0.6 is 0 Å². The average molecular weight is 362 g/mol. The molecular weight excluding hydrogens is 347 g/mol. The Morgan fingerprint density at radius 3 is 2.62 bits per heavy atom. The number of halogens is 1. The van der Waals surface area contributed by atoms with Gasteiger partial charge >= 0.3 is 5.97 Å². The van der Waals surface area contributed by atoms with Gasteiger partial charge in [0.15, 0.2) is 0 Å². The first kappa shape index (κ1) is 17.7. The minimum Gasteiger partial charge on any atom is -0.464 e. The summed E-state index contributed by atoms with van der Waals surface area (Å²) in [5.74, 6) is -4.29. The lowest BCUT2D eigenvalue weighted by molar-refractivity contribution is -0.155. The minimum atomic E-state index is -1.20. The van der Waals surface area contributed by atoms with E-state index in [1.807, 2.05) is 0 Å². The molecule has 1 aromatic carbocycles. The highest BCUT2D eigenvalue weighted by atomic mass is 19.1. The van der Waals surface area contributed by atoms with E-state index < -0.39 is 41.5 Å². The fourth-order valence-corrected chi connectivity index (χ4v) is 3.12. The monoisotopic (exact) mass is 362 g/mol. The van der Waals surface area contributed by atoms with Crippen LogP contribution in [0, 0.1) is 5.82 Å². The number of rotatable bonds is 4. The molecule has 0 spiro atoms. The number of amides is 4. The van der Waals surface area contributed by atoms with E-state index in [1.54, 1.807) is 0 Å². The van der Waals surface area contributed by atoms with Crippen molar-refractivity contribution in [2.45, 2.75) is 25.8 Å². The summed E-state index contributed by atoms with van der Waals surface area (Å²) in [6.45, 7) is 0.831. The molecule has 2 aliphatic rings. The van der Waals surface area contributed by atoms with Crippen LogP contribution in [0.2, 0.25) is 0 Å². The maximum atomic E-state index is 13.9. The first-order valence-electron chi connectivity index (χ1n) is 7.97. The molecule has 9 heteroatoms. The van der Waals surface area contributed by atoms with E-state index in [0.717, 1.165) is 11.0 Å². The van der Waals surface area contributed by atoms with Crippen LogP contribution in [-0.2, 0) is 19.1 Å². The zero-order valence-corrected chi connectivity index (χ0v) is 13.9. The lowest BCUT2D eigenvalue weighted by atomic mass is 10.0. The van der Waals surface area contributed by atoms with Gasteiger partial charge in [0.05, 0.1) is 17.7 Å². The smallest absolute Gasteiger partial charge is 0.302 e. The summed E-state index contributed by atoms with van der Waals surface area (Å²) < 4.78 is 18.7. The second kappa shape index (κ2) is 6.66. The molecular formula is C17H15FN2O6. The number of imide groups is 2. The van der Waals surface area contributed by atoms with E-state index in [4.69, 9.17) is 4.74 Å². The number of esters is 1. The molecule has 0 saturated carbocycles. The zero-order chi connectivity index (χ0) is 19.0. The predicted octanol–water partition coefficient (Wildman–Crippen LogP) is 0.502. The fraction of sp³-hybridized carbons (Fsp3) is 0.353. The normalized spacial score (nSPS) is 19.8. The molecule has 0 N–H and O–H groups in total. The number of fused-ring (bicyclic) bond motifs is 1. The zero-order valence-electron chi connectivity index (χ0n) is 13.9. The van der Waals surface area contributed by atoms with Gasteiger partial charge in [-0.3, -0.25) is 33.8 Å². The van der Waals surface area contributed by atoms with Gasteiger partial charge in [0.2, 0.25) is 5.91 Å². The predicted molar refractivity (Wildman–Crippen MR) is 83.3 cm³/mol. The third kappa shape index (κ3) is 2.85. The van der Waals surface area contributed by atoms with Crippen molar-refractivity contribution < 1.29 is 33.1 Å². The molecule has 1 fully saturated rings. The molecule has 2 heterocycles. The van der Waals surface area contributed by atoms with Crippen LogP contribution in [0.5, 0.6) is 0 Å². The van der Waals surface area contributed by atoms with E-state index in [2.05, 4.69) is 0 Å². The van der Waals surface area contributed by atoms with Crippen molar-refractivity contribution in [2.24, 2.45) is 0 Å². The summed E-state index contributed by atoms with van der Waals surface area (Å²) in [4.78, 5) is 62.0. The summed E-state index contributed by atoms with van der Waals surface area (Å²) in [5.41, 5.74) is -0.472. The first-order valence-corrected chi connectivity index (χ1v) is 7.97. The van der Waals surface area contributed by atoms with Crippen molar-refractivity contribution in [3.05, 3.63) is 35.1 Å². The van der Waals surface area contributed by atoms with Crippen LogP contribution in [0.25, 0.3) is 0 Å². The molecule has 26 heavy (non-hydrogen) atoms. The number of benzene rings is 1. The van der Waals surface area contributed by atoms with Crippen molar-refractivity contribution in [2.75, 3.05) is 13.2 Å². The molecule has 2 aliphatic heterocycles. The van der Waals surface area contributed by atoms with Crippen molar-refractivity contribution in [1.29, 1.82) is 0 Å². The Hall–Kier alpha value is -3.10. The van der Waals surface area contributed by atoms with Gasteiger partial charge in [-0.1, -0.05) is 6.07 Å².